The minimum absolute atomic E-state index is 0.718. The highest BCUT2D eigenvalue weighted by molar-refractivity contribution is 5.21. The van der Waals surface area contributed by atoms with E-state index in [-0.39, 0.29) is 0 Å². The summed E-state index contributed by atoms with van der Waals surface area (Å²) in [7, 11) is 0. The van der Waals surface area contributed by atoms with Gasteiger partial charge in [-0.25, -0.2) is 0 Å². The predicted octanol–water partition coefficient (Wildman–Crippen LogP) is 2.64. The van der Waals surface area contributed by atoms with Crippen LogP contribution in [0.1, 0.15) is 12.8 Å². The van der Waals surface area contributed by atoms with E-state index in [4.69, 9.17) is 4.74 Å². The maximum absolute atomic E-state index is 5.40. The molecular formula is C10H11O. The highest BCUT2D eigenvalue weighted by atomic mass is 16.5. The van der Waals surface area contributed by atoms with Gasteiger partial charge in [0.05, 0.1) is 0 Å². The third-order valence-electron chi connectivity index (χ3n) is 1.76. The second-order valence-electron chi connectivity index (χ2n) is 2.90. The Morgan fingerprint density at radius 2 is 1.91 bits per heavy atom. The van der Waals surface area contributed by atoms with E-state index in [1.165, 1.54) is 12.8 Å². The molecule has 0 aliphatic heterocycles. The van der Waals surface area contributed by atoms with Gasteiger partial charge in [0, 0.05) is 0 Å². The fourth-order valence-electron chi connectivity index (χ4n) is 0.906. The van der Waals surface area contributed by atoms with Crippen LogP contribution in [0.4, 0.5) is 0 Å². The molecule has 0 aromatic heterocycles. The average Bonchev–Trinajstić information content (AvgIpc) is 2.86. The lowest BCUT2D eigenvalue weighted by Crippen LogP contribution is -1.90. The van der Waals surface area contributed by atoms with Gasteiger partial charge in [-0.2, -0.15) is 0 Å². The van der Waals surface area contributed by atoms with Crippen molar-refractivity contribution in [3.05, 3.63) is 36.9 Å². The summed E-state index contributed by atoms with van der Waals surface area (Å²) in [4.78, 5) is 0. The molecule has 0 amide bonds. The molecule has 0 atom stereocenters. The number of hydrogen-bond acceptors (Lipinski definition) is 1. The smallest absolute Gasteiger partial charge is 0.138 e. The Bertz CT molecular complexity index is 214. The zero-order valence-corrected chi connectivity index (χ0v) is 6.36. The zero-order valence-electron chi connectivity index (χ0n) is 6.36. The SMILES string of the molecule is [CH](Oc1ccccc1)C1CC1. The Balaban J connectivity index is 1.85. The van der Waals surface area contributed by atoms with Crippen molar-refractivity contribution in [1.82, 2.24) is 0 Å². The van der Waals surface area contributed by atoms with Crippen molar-refractivity contribution in [3.8, 4) is 5.75 Å². The van der Waals surface area contributed by atoms with Crippen LogP contribution >= 0.6 is 0 Å². The molecule has 1 nitrogen and oxygen atoms in total. The molecule has 1 saturated carbocycles. The number of benzene rings is 1. The fourth-order valence-corrected chi connectivity index (χ4v) is 0.906. The lowest BCUT2D eigenvalue weighted by molar-refractivity contribution is 0.382. The van der Waals surface area contributed by atoms with Gasteiger partial charge in [-0.1, -0.05) is 18.2 Å². The lowest BCUT2D eigenvalue weighted by Gasteiger charge is -2.01. The van der Waals surface area contributed by atoms with Crippen molar-refractivity contribution in [1.29, 1.82) is 0 Å². The maximum atomic E-state index is 5.40. The Labute approximate surface area is 67.0 Å². The predicted molar refractivity (Wildman–Crippen MR) is 44.1 cm³/mol. The van der Waals surface area contributed by atoms with Crippen LogP contribution in [0.2, 0.25) is 0 Å². The Hall–Kier alpha value is -0.980. The molecule has 1 fully saturated rings. The first-order chi connectivity index (χ1) is 5.45. The summed E-state index contributed by atoms with van der Waals surface area (Å²) in [5, 5.41) is 0. The van der Waals surface area contributed by atoms with Crippen LogP contribution in [0.15, 0.2) is 30.3 Å². The summed E-state index contributed by atoms with van der Waals surface area (Å²) in [6, 6.07) is 9.90. The van der Waals surface area contributed by atoms with Gasteiger partial charge in [0.25, 0.3) is 0 Å². The minimum atomic E-state index is 0.718. The second-order valence-corrected chi connectivity index (χ2v) is 2.90. The van der Waals surface area contributed by atoms with Crippen molar-refractivity contribution in [2.24, 2.45) is 5.92 Å². The molecule has 11 heavy (non-hydrogen) atoms. The molecule has 1 aromatic rings. The largest absolute Gasteiger partial charge is 0.486 e. The van der Waals surface area contributed by atoms with Crippen molar-refractivity contribution < 1.29 is 4.74 Å². The van der Waals surface area contributed by atoms with E-state index in [1.807, 2.05) is 36.9 Å². The van der Waals surface area contributed by atoms with E-state index < -0.39 is 0 Å². The first-order valence-electron chi connectivity index (χ1n) is 4.00. The van der Waals surface area contributed by atoms with Crippen molar-refractivity contribution in [3.63, 3.8) is 0 Å². The summed E-state index contributed by atoms with van der Waals surface area (Å²) in [6.45, 7) is 1.94. The van der Waals surface area contributed by atoms with Crippen molar-refractivity contribution >= 4 is 0 Å². The molecule has 0 spiro atoms. The fraction of sp³-hybridized carbons (Fsp3) is 0.300. The summed E-state index contributed by atoms with van der Waals surface area (Å²) < 4.78 is 5.40. The van der Waals surface area contributed by atoms with Gasteiger partial charge in [0.1, 0.15) is 12.4 Å². The van der Waals surface area contributed by atoms with Crippen LogP contribution in [-0.2, 0) is 0 Å². The lowest BCUT2D eigenvalue weighted by atomic mass is 10.3. The van der Waals surface area contributed by atoms with Gasteiger partial charge in [0.2, 0.25) is 0 Å². The highest BCUT2D eigenvalue weighted by Gasteiger charge is 2.22. The molecule has 0 heterocycles. The molecule has 1 aromatic carbocycles. The summed E-state index contributed by atoms with van der Waals surface area (Å²) in [6.07, 6.45) is 2.60. The summed E-state index contributed by atoms with van der Waals surface area (Å²) in [5.74, 6) is 1.66. The Morgan fingerprint density at radius 3 is 2.55 bits per heavy atom. The van der Waals surface area contributed by atoms with Crippen LogP contribution in [0.25, 0.3) is 0 Å². The van der Waals surface area contributed by atoms with Crippen molar-refractivity contribution in [2.75, 3.05) is 0 Å². The van der Waals surface area contributed by atoms with Gasteiger partial charge < -0.3 is 4.74 Å². The second kappa shape index (κ2) is 2.95. The summed E-state index contributed by atoms with van der Waals surface area (Å²) in [5.41, 5.74) is 0. The zero-order chi connectivity index (χ0) is 7.52. The third kappa shape index (κ3) is 1.97. The van der Waals surface area contributed by atoms with Gasteiger partial charge in [-0.05, 0) is 30.9 Å². The molecule has 1 heteroatoms. The molecule has 1 aliphatic carbocycles. The molecule has 1 radical (unpaired) electrons. The van der Waals surface area contributed by atoms with Crippen LogP contribution in [0.5, 0.6) is 5.75 Å². The summed E-state index contributed by atoms with van der Waals surface area (Å²) >= 11 is 0. The van der Waals surface area contributed by atoms with Gasteiger partial charge in [0.15, 0.2) is 0 Å². The first kappa shape index (κ1) is 6.71. The topological polar surface area (TPSA) is 9.23 Å². The number of rotatable bonds is 3. The molecule has 57 valence electrons. The molecule has 2 rings (SSSR count). The molecule has 0 saturated heterocycles. The Morgan fingerprint density at radius 1 is 1.18 bits per heavy atom. The van der Waals surface area contributed by atoms with E-state index in [0.717, 1.165) is 11.7 Å². The van der Waals surface area contributed by atoms with E-state index in [9.17, 15) is 0 Å². The van der Waals surface area contributed by atoms with Crippen LogP contribution in [0, 0.1) is 12.5 Å². The monoisotopic (exact) mass is 147 g/mol. The minimum Gasteiger partial charge on any atom is -0.486 e. The standard InChI is InChI=1S/C10H11O/c1-2-4-10(5-3-1)11-8-9-6-7-9/h1-5,8-9H,6-7H2. The number of ether oxygens (including phenoxy) is 1. The normalized spacial score (nSPS) is 16.4. The Kier molecular flexibility index (Phi) is 1.80. The number of hydrogen-bond donors (Lipinski definition) is 0. The van der Waals surface area contributed by atoms with Gasteiger partial charge >= 0.3 is 0 Å². The maximum Gasteiger partial charge on any atom is 0.138 e. The van der Waals surface area contributed by atoms with E-state index in [2.05, 4.69) is 0 Å². The molecular weight excluding hydrogens is 136 g/mol. The number of para-hydroxylation sites is 1. The first-order valence-corrected chi connectivity index (χ1v) is 4.00. The molecule has 0 N–H and O–H groups in total. The van der Waals surface area contributed by atoms with E-state index >= 15 is 0 Å². The molecule has 1 aliphatic rings. The van der Waals surface area contributed by atoms with Crippen molar-refractivity contribution in [2.45, 2.75) is 12.8 Å². The van der Waals surface area contributed by atoms with Crippen LogP contribution in [-0.4, -0.2) is 0 Å². The molecule has 0 unspecified atom stereocenters. The average molecular weight is 147 g/mol. The molecule has 0 bridgehead atoms. The van der Waals surface area contributed by atoms with Crippen LogP contribution < -0.4 is 4.74 Å². The van der Waals surface area contributed by atoms with Crippen LogP contribution in [0.3, 0.4) is 0 Å². The highest BCUT2D eigenvalue weighted by Crippen LogP contribution is 2.32. The quantitative estimate of drug-likeness (QED) is 0.638. The van der Waals surface area contributed by atoms with Gasteiger partial charge in [-0.3, -0.25) is 0 Å². The van der Waals surface area contributed by atoms with E-state index in [0.29, 0.717) is 0 Å². The van der Waals surface area contributed by atoms with Gasteiger partial charge in [-0.15, -0.1) is 0 Å². The van der Waals surface area contributed by atoms with E-state index in [1.54, 1.807) is 0 Å². The third-order valence-corrected chi connectivity index (χ3v) is 1.76.